The van der Waals surface area contributed by atoms with E-state index in [2.05, 4.69) is 26.2 Å². The van der Waals surface area contributed by atoms with Crippen molar-refractivity contribution in [3.05, 3.63) is 46.7 Å². The Hall–Kier alpha value is -2.08. The molecule has 2 aromatic rings. The second-order valence-electron chi connectivity index (χ2n) is 4.46. The number of benzene rings is 1. The van der Waals surface area contributed by atoms with Crippen LogP contribution < -0.4 is 16.0 Å². The number of rotatable bonds is 3. The lowest BCUT2D eigenvalue weighted by atomic mass is 10.1. The topological polar surface area (TPSA) is 71.2 Å². The molecule has 5 nitrogen and oxygen atoms in total. The number of nitrogens with two attached hydrogens (primary N) is 1. The van der Waals surface area contributed by atoms with Crippen molar-refractivity contribution in [3.8, 4) is 0 Å². The lowest BCUT2D eigenvalue weighted by molar-refractivity contribution is 0.102. The predicted octanol–water partition coefficient (Wildman–Crippen LogP) is 2.74. The molecule has 104 valence electrons. The predicted molar refractivity (Wildman–Crippen MR) is 85.1 cm³/mol. The summed E-state index contributed by atoms with van der Waals surface area (Å²) >= 11 is 3.29. The van der Waals surface area contributed by atoms with Gasteiger partial charge in [-0.05, 0) is 46.3 Å². The van der Waals surface area contributed by atoms with E-state index < -0.39 is 0 Å². The first kappa shape index (κ1) is 14.3. The van der Waals surface area contributed by atoms with Crippen molar-refractivity contribution in [1.29, 1.82) is 0 Å². The van der Waals surface area contributed by atoms with Gasteiger partial charge in [-0.25, -0.2) is 4.98 Å². The Morgan fingerprint density at radius 3 is 2.70 bits per heavy atom. The molecule has 20 heavy (non-hydrogen) atoms. The first-order valence-electron chi connectivity index (χ1n) is 5.97. The van der Waals surface area contributed by atoms with Crippen LogP contribution in [0.2, 0.25) is 0 Å². The Morgan fingerprint density at radius 2 is 2.10 bits per heavy atom. The van der Waals surface area contributed by atoms with Gasteiger partial charge in [0, 0.05) is 25.9 Å². The molecule has 1 heterocycles. The van der Waals surface area contributed by atoms with E-state index in [1.165, 1.54) is 0 Å². The zero-order valence-electron chi connectivity index (χ0n) is 11.2. The fraction of sp³-hybridized carbons (Fsp3) is 0.143. The SMILES string of the molecule is CN(C)c1ccc(C(=O)Nc2cccnc2Br)cc1N. The number of carbonyl (C=O) groups is 1. The smallest absolute Gasteiger partial charge is 0.255 e. The minimum Gasteiger partial charge on any atom is -0.397 e. The highest BCUT2D eigenvalue weighted by Crippen LogP contribution is 2.24. The van der Waals surface area contributed by atoms with E-state index >= 15 is 0 Å². The summed E-state index contributed by atoms with van der Waals surface area (Å²) in [5.41, 5.74) is 8.50. The van der Waals surface area contributed by atoms with Crippen molar-refractivity contribution in [3.63, 3.8) is 0 Å². The van der Waals surface area contributed by atoms with Crippen LogP contribution in [0.1, 0.15) is 10.4 Å². The third kappa shape index (κ3) is 3.08. The van der Waals surface area contributed by atoms with Gasteiger partial charge in [0.05, 0.1) is 17.1 Å². The summed E-state index contributed by atoms with van der Waals surface area (Å²) in [4.78, 5) is 18.1. The second-order valence-corrected chi connectivity index (χ2v) is 5.22. The molecule has 3 N–H and O–H groups in total. The van der Waals surface area contributed by atoms with Crippen LogP contribution in [-0.2, 0) is 0 Å². The third-order valence-electron chi connectivity index (χ3n) is 2.78. The minimum absolute atomic E-state index is 0.226. The van der Waals surface area contributed by atoms with Gasteiger partial charge < -0.3 is 16.0 Å². The summed E-state index contributed by atoms with van der Waals surface area (Å²) in [5.74, 6) is -0.226. The summed E-state index contributed by atoms with van der Waals surface area (Å²) in [6.07, 6.45) is 1.64. The minimum atomic E-state index is -0.226. The molecule has 0 radical (unpaired) electrons. The highest BCUT2D eigenvalue weighted by atomic mass is 79.9. The Balaban J connectivity index is 2.22. The number of anilines is 3. The van der Waals surface area contributed by atoms with Gasteiger partial charge in [-0.15, -0.1) is 0 Å². The number of nitrogens with zero attached hydrogens (tertiary/aromatic N) is 2. The maximum absolute atomic E-state index is 12.2. The molecule has 0 unspecified atom stereocenters. The van der Waals surface area contributed by atoms with Crippen LogP contribution in [0.15, 0.2) is 41.1 Å². The highest BCUT2D eigenvalue weighted by Gasteiger charge is 2.11. The van der Waals surface area contributed by atoms with Crippen molar-refractivity contribution in [2.75, 3.05) is 30.0 Å². The van der Waals surface area contributed by atoms with Gasteiger partial charge in [0.25, 0.3) is 5.91 Å². The van der Waals surface area contributed by atoms with Crippen molar-refractivity contribution in [2.24, 2.45) is 0 Å². The average molecular weight is 335 g/mol. The first-order chi connectivity index (χ1) is 9.49. The van der Waals surface area contributed by atoms with Gasteiger partial charge in [0.2, 0.25) is 0 Å². The largest absolute Gasteiger partial charge is 0.397 e. The van der Waals surface area contributed by atoms with Crippen LogP contribution in [-0.4, -0.2) is 25.0 Å². The fourth-order valence-electron chi connectivity index (χ4n) is 1.78. The molecule has 0 fully saturated rings. The summed E-state index contributed by atoms with van der Waals surface area (Å²) in [5, 5.41) is 2.78. The normalized spacial score (nSPS) is 10.2. The molecule has 0 saturated heterocycles. The number of nitrogens with one attached hydrogen (secondary N) is 1. The van der Waals surface area contributed by atoms with Crippen LogP contribution >= 0.6 is 15.9 Å². The molecule has 1 aromatic heterocycles. The molecule has 1 amide bonds. The maximum atomic E-state index is 12.2. The van der Waals surface area contributed by atoms with Crippen molar-refractivity contribution < 1.29 is 4.79 Å². The van der Waals surface area contributed by atoms with E-state index in [-0.39, 0.29) is 5.91 Å². The van der Waals surface area contributed by atoms with Crippen LogP contribution in [0, 0.1) is 0 Å². The molecular weight excluding hydrogens is 320 g/mol. The Kier molecular flexibility index (Phi) is 4.24. The molecule has 0 bridgehead atoms. The molecule has 6 heteroatoms. The zero-order chi connectivity index (χ0) is 14.7. The van der Waals surface area contributed by atoms with Gasteiger partial charge in [-0.3, -0.25) is 4.79 Å². The number of hydrogen-bond donors (Lipinski definition) is 2. The average Bonchev–Trinajstić information content (AvgIpc) is 2.40. The van der Waals surface area contributed by atoms with E-state index in [1.54, 1.807) is 30.5 Å². The maximum Gasteiger partial charge on any atom is 0.255 e. The molecule has 0 aliphatic rings. The van der Waals surface area contributed by atoms with Gasteiger partial charge in [-0.1, -0.05) is 0 Å². The van der Waals surface area contributed by atoms with Gasteiger partial charge in [-0.2, -0.15) is 0 Å². The summed E-state index contributed by atoms with van der Waals surface area (Å²) in [6.45, 7) is 0. The number of hydrogen-bond acceptors (Lipinski definition) is 4. The van der Waals surface area contributed by atoms with Gasteiger partial charge in [0.15, 0.2) is 0 Å². The van der Waals surface area contributed by atoms with Gasteiger partial charge >= 0.3 is 0 Å². The lowest BCUT2D eigenvalue weighted by Crippen LogP contribution is -2.15. The van der Waals surface area contributed by atoms with Crippen LogP contribution in [0.3, 0.4) is 0 Å². The van der Waals surface area contributed by atoms with Crippen LogP contribution in [0.25, 0.3) is 0 Å². The zero-order valence-corrected chi connectivity index (χ0v) is 12.8. The van der Waals surface area contributed by atoms with E-state index in [0.29, 0.717) is 21.5 Å². The third-order valence-corrected chi connectivity index (χ3v) is 3.41. The molecule has 0 spiro atoms. The number of amides is 1. The fourth-order valence-corrected chi connectivity index (χ4v) is 2.13. The molecular formula is C14H15BrN4O. The van der Waals surface area contributed by atoms with Crippen molar-refractivity contribution in [1.82, 2.24) is 4.98 Å². The van der Waals surface area contributed by atoms with E-state index in [0.717, 1.165) is 5.69 Å². The molecule has 0 aliphatic carbocycles. The monoisotopic (exact) mass is 334 g/mol. The number of halogens is 1. The van der Waals surface area contributed by atoms with E-state index in [9.17, 15) is 4.79 Å². The molecule has 1 aromatic carbocycles. The summed E-state index contributed by atoms with van der Waals surface area (Å²) in [7, 11) is 3.80. The molecule has 0 saturated carbocycles. The van der Waals surface area contributed by atoms with E-state index in [4.69, 9.17) is 5.73 Å². The Morgan fingerprint density at radius 1 is 1.35 bits per heavy atom. The number of nitrogen functional groups attached to an aromatic ring is 1. The van der Waals surface area contributed by atoms with Crippen LogP contribution in [0.5, 0.6) is 0 Å². The Labute approximate surface area is 125 Å². The Bertz CT molecular complexity index is 643. The quantitative estimate of drug-likeness (QED) is 0.668. The number of carbonyl (C=O) groups excluding carboxylic acids is 1. The number of pyridine rings is 1. The van der Waals surface area contributed by atoms with Crippen molar-refractivity contribution >= 4 is 38.9 Å². The molecule has 2 rings (SSSR count). The van der Waals surface area contributed by atoms with Crippen molar-refractivity contribution in [2.45, 2.75) is 0 Å². The van der Waals surface area contributed by atoms with Gasteiger partial charge in [0.1, 0.15) is 4.60 Å². The van der Waals surface area contributed by atoms with E-state index in [1.807, 2.05) is 25.1 Å². The summed E-state index contributed by atoms with van der Waals surface area (Å²) < 4.78 is 0.589. The van der Waals surface area contributed by atoms with Crippen LogP contribution in [0.4, 0.5) is 17.1 Å². The first-order valence-corrected chi connectivity index (χ1v) is 6.77. The highest BCUT2D eigenvalue weighted by molar-refractivity contribution is 9.10. The molecule has 0 atom stereocenters. The standard InChI is InChI=1S/C14H15BrN4O/c1-19(2)12-6-5-9(8-10(12)16)14(20)18-11-4-3-7-17-13(11)15/h3-8H,16H2,1-2H3,(H,18,20). The lowest BCUT2D eigenvalue weighted by Gasteiger charge is -2.16. The number of aromatic nitrogens is 1. The molecule has 0 aliphatic heterocycles. The summed E-state index contributed by atoms with van der Waals surface area (Å²) in [6, 6.07) is 8.75. The second kappa shape index (κ2) is 5.92.